The molecular weight excluding hydrogens is 186 g/mol. The lowest BCUT2D eigenvalue weighted by atomic mass is 10.1. The molecular formula is C13H16NO. The largest absolute Gasteiger partial charge is 0.273 e. The highest BCUT2D eigenvalue weighted by molar-refractivity contribution is 5.78. The summed E-state index contributed by atoms with van der Waals surface area (Å²) in [4.78, 5) is 11.7. The molecule has 1 aromatic rings. The van der Waals surface area contributed by atoms with Gasteiger partial charge < -0.3 is 0 Å². The van der Waals surface area contributed by atoms with Crippen molar-refractivity contribution in [1.82, 2.24) is 5.32 Å². The van der Waals surface area contributed by atoms with E-state index < -0.39 is 0 Å². The van der Waals surface area contributed by atoms with Gasteiger partial charge in [0.25, 0.3) is 0 Å². The van der Waals surface area contributed by atoms with E-state index in [0.29, 0.717) is 6.54 Å². The maximum atomic E-state index is 11.7. The molecule has 79 valence electrons. The predicted molar refractivity (Wildman–Crippen MR) is 59.2 cm³/mol. The molecule has 1 amide bonds. The second-order valence-corrected chi connectivity index (χ2v) is 4.12. The molecule has 1 fully saturated rings. The maximum absolute atomic E-state index is 11.7. The molecule has 0 atom stereocenters. The Kier molecular flexibility index (Phi) is 3.38. The third-order valence-electron chi connectivity index (χ3n) is 2.96. The fourth-order valence-electron chi connectivity index (χ4n) is 2.05. The van der Waals surface area contributed by atoms with Crippen LogP contribution in [0.5, 0.6) is 0 Å². The van der Waals surface area contributed by atoms with E-state index in [0.717, 1.165) is 18.4 Å². The quantitative estimate of drug-likeness (QED) is 0.741. The molecule has 0 aromatic heterocycles. The molecule has 2 rings (SSSR count). The number of carbonyl (C=O) groups is 1. The summed E-state index contributed by atoms with van der Waals surface area (Å²) in [6, 6.07) is 9.94. The van der Waals surface area contributed by atoms with Gasteiger partial charge in [-0.15, -0.1) is 0 Å². The van der Waals surface area contributed by atoms with Gasteiger partial charge in [-0.05, 0) is 18.4 Å². The normalized spacial score (nSPS) is 16.5. The van der Waals surface area contributed by atoms with Gasteiger partial charge in [-0.3, -0.25) is 4.79 Å². The molecule has 2 nitrogen and oxygen atoms in total. The lowest BCUT2D eigenvalue weighted by molar-refractivity contribution is -0.125. The molecule has 0 saturated heterocycles. The molecule has 0 spiro atoms. The van der Waals surface area contributed by atoms with Crippen LogP contribution in [0.15, 0.2) is 30.3 Å². The van der Waals surface area contributed by atoms with E-state index in [4.69, 9.17) is 0 Å². The van der Waals surface area contributed by atoms with Gasteiger partial charge in [0.15, 0.2) is 0 Å². The van der Waals surface area contributed by atoms with Crippen LogP contribution in [0.3, 0.4) is 0 Å². The molecule has 0 unspecified atom stereocenters. The third kappa shape index (κ3) is 2.82. The van der Waals surface area contributed by atoms with Crippen LogP contribution < -0.4 is 5.32 Å². The van der Waals surface area contributed by atoms with E-state index >= 15 is 0 Å². The molecule has 0 heterocycles. The average molecular weight is 202 g/mol. The first-order chi connectivity index (χ1) is 7.36. The lowest BCUT2D eigenvalue weighted by Gasteiger charge is -2.07. The molecule has 0 N–H and O–H groups in total. The third-order valence-corrected chi connectivity index (χ3v) is 2.96. The Balaban J connectivity index is 1.80. The number of rotatable bonds is 3. The van der Waals surface area contributed by atoms with Crippen LogP contribution in [0, 0.1) is 5.92 Å². The first kappa shape index (κ1) is 10.2. The summed E-state index contributed by atoms with van der Waals surface area (Å²) >= 11 is 0. The molecule has 1 radical (unpaired) electrons. The highest BCUT2D eigenvalue weighted by Crippen LogP contribution is 2.24. The van der Waals surface area contributed by atoms with Crippen molar-refractivity contribution in [3.63, 3.8) is 0 Å². The molecule has 0 aliphatic heterocycles. The zero-order chi connectivity index (χ0) is 10.5. The van der Waals surface area contributed by atoms with E-state index in [2.05, 4.69) is 5.32 Å². The summed E-state index contributed by atoms with van der Waals surface area (Å²) in [5, 5.41) is 4.14. The number of hydrogen-bond acceptors (Lipinski definition) is 1. The predicted octanol–water partition coefficient (Wildman–Crippen LogP) is 2.51. The summed E-state index contributed by atoms with van der Waals surface area (Å²) in [6.07, 6.45) is 4.46. The number of amides is 1. The summed E-state index contributed by atoms with van der Waals surface area (Å²) in [7, 11) is 0. The fourth-order valence-corrected chi connectivity index (χ4v) is 2.05. The van der Waals surface area contributed by atoms with Crippen LogP contribution in [0.2, 0.25) is 0 Å². The highest BCUT2D eigenvalue weighted by atomic mass is 16.1. The molecule has 1 saturated carbocycles. The first-order valence-corrected chi connectivity index (χ1v) is 5.61. The van der Waals surface area contributed by atoms with Gasteiger partial charge in [0, 0.05) is 5.92 Å². The first-order valence-electron chi connectivity index (χ1n) is 5.61. The average Bonchev–Trinajstić information content (AvgIpc) is 2.81. The Morgan fingerprint density at radius 3 is 2.53 bits per heavy atom. The van der Waals surface area contributed by atoms with Gasteiger partial charge in [-0.25, -0.2) is 5.32 Å². The Morgan fingerprint density at radius 1 is 1.20 bits per heavy atom. The van der Waals surface area contributed by atoms with Crippen molar-refractivity contribution >= 4 is 5.91 Å². The number of hydrogen-bond donors (Lipinski definition) is 0. The zero-order valence-corrected chi connectivity index (χ0v) is 8.86. The standard InChI is InChI=1S/C13H16NO/c15-13(12-8-4-5-9-12)14-10-11-6-2-1-3-7-11/h1-3,6-7,12H,4-5,8-10H2. The summed E-state index contributed by atoms with van der Waals surface area (Å²) in [5.74, 6) is 0.324. The minimum atomic E-state index is 0.108. The van der Waals surface area contributed by atoms with Gasteiger partial charge in [-0.1, -0.05) is 43.2 Å². The molecule has 1 aliphatic carbocycles. The van der Waals surface area contributed by atoms with E-state index in [1.165, 1.54) is 12.8 Å². The Labute approximate surface area is 90.7 Å². The Hall–Kier alpha value is -1.31. The molecule has 0 bridgehead atoms. The Bertz CT molecular complexity index is 315. The lowest BCUT2D eigenvalue weighted by Crippen LogP contribution is -2.22. The van der Waals surface area contributed by atoms with Crippen LogP contribution in [-0.2, 0) is 11.3 Å². The fraction of sp³-hybridized carbons (Fsp3) is 0.462. The number of benzene rings is 1. The van der Waals surface area contributed by atoms with Gasteiger partial charge in [0.1, 0.15) is 0 Å². The van der Waals surface area contributed by atoms with Crippen molar-refractivity contribution in [3.8, 4) is 0 Å². The topological polar surface area (TPSA) is 31.2 Å². The summed E-state index contributed by atoms with van der Waals surface area (Å²) in [5.41, 5.74) is 1.11. The van der Waals surface area contributed by atoms with Crippen LogP contribution in [0.4, 0.5) is 0 Å². The smallest absolute Gasteiger partial charge is 0.244 e. The van der Waals surface area contributed by atoms with Gasteiger partial charge in [0.2, 0.25) is 5.91 Å². The van der Waals surface area contributed by atoms with E-state index in [1.807, 2.05) is 30.3 Å². The van der Waals surface area contributed by atoms with Crippen LogP contribution in [-0.4, -0.2) is 5.91 Å². The second-order valence-electron chi connectivity index (χ2n) is 4.12. The second kappa shape index (κ2) is 4.96. The van der Waals surface area contributed by atoms with Crippen LogP contribution >= 0.6 is 0 Å². The SMILES string of the molecule is O=C([N]Cc1ccccc1)C1CCCC1. The minimum Gasteiger partial charge on any atom is -0.273 e. The minimum absolute atomic E-state index is 0.108. The van der Waals surface area contributed by atoms with Crippen molar-refractivity contribution in [2.45, 2.75) is 32.2 Å². The van der Waals surface area contributed by atoms with Crippen molar-refractivity contribution in [1.29, 1.82) is 0 Å². The maximum Gasteiger partial charge on any atom is 0.244 e. The van der Waals surface area contributed by atoms with Crippen LogP contribution in [0.1, 0.15) is 31.2 Å². The summed E-state index contributed by atoms with van der Waals surface area (Å²) in [6.45, 7) is 0.538. The van der Waals surface area contributed by atoms with E-state index in [1.54, 1.807) is 0 Å². The van der Waals surface area contributed by atoms with Crippen molar-refractivity contribution in [3.05, 3.63) is 35.9 Å². The van der Waals surface area contributed by atoms with E-state index in [9.17, 15) is 4.79 Å². The van der Waals surface area contributed by atoms with Gasteiger partial charge in [-0.2, -0.15) is 0 Å². The van der Waals surface area contributed by atoms with E-state index in [-0.39, 0.29) is 11.8 Å². The van der Waals surface area contributed by atoms with Gasteiger partial charge >= 0.3 is 0 Å². The highest BCUT2D eigenvalue weighted by Gasteiger charge is 2.22. The van der Waals surface area contributed by atoms with Crippen molar-refractivity contribution in [2.75, 3.05) is 0 Å². The Morgan fingerprint density at radius 2 is 1.87 bits per heavy atom. The summed E-state index contributed by atoms with van der Waals surface area (Å²) < 4.78 is 0. The number of nitrogens with zero attached hydrogens (tertiary/aromatic N) is 1. The van der Waals surface area contributed by atoms with Crippen LogP contribution in [0.25, 0.3) is 0 Å². The molecule has 2 heteroatoms. The zero-order valence-electron chi connectivity index (χ0n) is 8.86. The van der Waals surface area contributed by atoms with Crippen molar-refractivity contribution in [2.24, 2.45) is 5.92 Å². The number of carbonyl (C=O) groups excluding carboxylic acids is 1. The van der Waals surface area contributed by atoms with Crippen molar-refractivity contribution < 1.29 is 4.79 Å². The molecule has 1 aliphatic rings. The molecule has 15 heavy (non-hydrogen) atoms. The van der Waals surface area contributed by atoms with Gasteiger partial charge in [0.05, 0.1) is 6.54 Å². The molecule has 1 aromatic carbocycles. The monoisotopic (exact) mass is 202 g/mol.